The first-order valence-corrected chi connectivity index (χ1v) is 7.79. The number of carbonyl (C=O) groups excluding carboxylic acids is 1. The van der Waals surface area contributed by atoms with Crippen LogP contribution in [-0.2, 0) is 0 Å². The monoisotopic (exact) mass is 344 g/mol. The van der Waals surface area contributed by atoms with Crippen molar-refractivity contribution in [1.29, 1.82) is 0 Å². The molecule has 2 aromatic carbocycles. The van der Waals surface area contributed by atoms with Gasteiger partial charge in [-0.1, -0.05) is 0 Å². The van der Waals surface area contributed by atoms with Crippen molar-refractivity contribution in [2.75, 3.05) is 28.4 Å². The van der Waals surface area contributed by atoms with Crippen LogP contribution in [0, 0.1) is 0 Å². The highest BCUT2D eigenvalue weighted by molar-refractivity contribution is 6.00. The number of fused-ring (bicyclic) bond motifs is 1. The zero-order valence-corrected chi connectivity index (χ0v) is 14.6. The first-order chi connectivity index (χ1) is 12.1. The molecule has 0 saturated heterocycles. The van der Waals surface area contributed by atoms with Crippen LogP contribution in [0.2, 0.25) is 0 Å². The number of benzene rings is 2. The molecule has 0 spiro atoms. The lowest BCUT2D eigenvalue weighted by molar-refractivity contribution is 0.0845. The summed E-state index contributed by atoms with van der Waals surface area (Å²) in [5.74, 6) is 2.64. The van der Waals surface area contributed by atoms with E-state index in [1.54, 1.807) is 45.6 Å². The standard InChI is InChI=1S/C19H20O6/c1-21-11-5-6-12-14(20)10-17(25-16(12)9-11)13-7-8-15(22-2)19(24-4)18(13)23-3/h5-9,17H,10H2,1-4H3/t17-/m0/s1. The molecule has 6 heteroatoms. The predicted molar refractivity (Wildman–Crippen MR) is 91.4 cm³/mol. The lowest BCUT2D eigenvalue weighted by Crippen LogP contribution is -2.21. The summed E-state index contributed by atoms with van der Waals surface area (Å²) >= 11 is 0. The van der Waals surface area contributed by atoms with Crippen molar-refractivity contribution in [3.8, 4) is 28.7 Å². The molecule has 132 valence electrons. The summed E-state index contributed by atoms with van der Waals surface area (Å²) in [5.41, 5.74) is 1.28. The van der Waals surface area contributed by atoms with E-state index < -0.39 is 6.10 Å². The van der Waals surface area contributed by atoms with Gasteiger partial charge in [0.2, 0.25) is 5.75 Å². The van der Waals surface area contributed by atoms with Crippen LogP contribution >= 0.6 is 0 Å². The molecule has 0 amide bonds. The molecule has 1 atom stereocenters. The Hall–Kier alpha value is -2.89. The zero-order chi connectivity index (χ0) is 18.0. The molecule has 0 aromatic heterocycles. The Morgan fingerprint density at radius 1 is 0.920 bits per heavy atom. The first-order valence-electron chi connectivity index (χ1n) is 7.79. The van der Waals surface area contributed by atoms with Crippen molar-refractivity contribution in [3.05, 3.63) is 41.5 Å². The summed E-state index contributed by atoms with van der Waals surface area (Å²) in [4.78, 5) is 12.5. The van der Waals surface area contributed by atoms with Gasteiger partial charge in [0.05, 0.1) is 40.4 Å². The average Bonchev–Trinajstić information content (AvgIpc) is 2.65. The number of ketones is 1. The Labute approximate surface area is 146 Å². The quantitative estimate of drug-likeness (QED) is 0.828. The Kier molecular flexibility index (Phi) is 4.70. The highest BCUT2D eigenvalue weighted by Crippen LogP contribution is 2.46. The summed E-state index contributed by atoms with van der Waals surface area (Å²) in [6.45, 7) is 0. The minimum absolute atomic E-state index is 0.00532. The van der Waals surface area contributed by atoms with E-state index in [1.165, 1.54) is 7.11 Å². The van der Waals surface area contributed by atoms with E-state index in [2.05, 4.69) is 0 Å². The van der Waals surface area contributed by atoms with Gasteiger partial charge >= 0.3 is 0 Å². The van der Waals surface area contributed by atoms with Gasteiger partial charge in [-0.3, -0.25) is 4.79 Å². The van der Waals surface area contributed by atoms with Crippen molar-refractivity contribution >= 4 is 5.78 Å². The molecule has 6 nitrogen and oxygen atoms in total. The molecular weight excluding hydrogens is 324 g/mol. The average molecular weight is 344 g/mol. The molecule has 0 saturated carbocycles. The van der Waals surface area contributed by atoms with Crippen LogP contribution in [0.25, 0.3) is 0 Å². The largest absolute Gasteiger partial charge is 0.497 e. The van der Waals surface area contributed by atoms with Crippen molar-refractivity contribution < 1.29 is 28.5 Å². The van der Waals surface area contributed by atoms with E-state index in [1.807, 2.05) is 6.07 Å². The predicted octanol–water partition coefficient (Wildman–Crippen LogP) is 3.43. The third-order valence-electron chi connectivity index (χ3n) is 4.21. The fourth-order valence-electron chi connectivity index (χ4n) is 2.98. The molecule has 0 unspecified atom stereocenters. The Balaban J connectivity index is 2.04. The Bertz CT molecular complexity index is 799. The molecule has 1 aliphatic rings. The highest BCUT2D eigenvalue weighted by atomic mass is 16.5. The van der Waals surface area contributed by atoms with Crippen LogP contribution in [0.5, 0.6) is 28.7 Å². The third kappa shape index (κ3) is 2.95. The van der Waals surface area contributed by atoms with Crippen LogP contribution < -0.4 is 23.7 Å². The molecule has 0 aliphatic carbocycles. The summed E-state index contributed by atoms with van der Waals surface area (Å²) < 4.78 is 27.5. The minimum Gasteiger partial charge on any atom is -0.497 e. The fraction of sp³-hybridized carbons (Fsp3) is 0.316. The molecule has 3 rings (SSSR count). The molecule has 0 radical (unpaired) electrons. The molecule has 1 heterocycles. The number of hydrogen-bond acceptors (Lipinski definition) is 6. The van der Waals surface area contributed by atoms with Crippen molar-refractivity contribution in [1.82, 2.24) is 0 Å². The lowest BCUT2D eigenvalue weighted by atomic mass is 9.95. The molecular formula is C19H20O6. The van der Waals surface area contributed by atoms with Gasteiger partial charge in [-0.15, -0.1) is 0 Å². The maximum absolute atomic E-state index is 12.5. The molecule has 0 fully saturated rings. The Morgan fingerprint density at radius 2 is 1.68 bits per heavy atom. The fourth-order valence-corrected chi connectivity index (χ4v) is 2.98. The molecule has 1 aliphatic heterocycles. The van der Waals surface area contributed by atoms with Gasteiger partial charge in [-0.05, 0) is 24.3 Å². The number of methoxy groups -OCH3 is 4. The van der Waals surface area contributed by atoms with Gasteiger partial charge in [0.15, 0.2) is 17.3 Å². The second kappa shape index (κ2) is 6.93. The first kappa shape index (κ1) is 17.0. The summed E-state index contributed by atoms with van der Waals surface area (Å²) in [6.07, 6.45) is -0.271. The molecule has 2 aromatic rings. The summed E-state index contributed by atoms with van der Waals surface area (Å²) in [7, 11) is 6.21. The van der Waals surface area contributed by atoms with E-state index in [-0.39, 0.29) is 12.2 Å². The van der Waals surface area contributed by atoms with E-state index in [4.69, 9.17) is 23.7 Å². The molecule has 0 bridgehead atoms. The Morgan fingerprint density at radius 3 is 2.32 bits per heavy atom. The zero-order valence-electron chi connectivity index (χ0n) is 14.6. The summed E-state index contributed by atoms with van der Waals surface area (Å²) in [6, 6.07) is 8.78. The van der Waals surface area contributed by atoms with E-state index in [9.17, 15) is 4.79 Å². The second-order valence-corrected chi connectivity index (χ2v) is 5.52. The van der Waals surface area contributed by atoms with Crippen molar-refractivity contribution in [3.63, 3.8) is 0 Å². The van der Waals surface area contributed by atoms with Crippen LogP contribution in [0.15, 0.2) is 30.3 Å². The number of Topliss-reactive ketones (excluding diaryl/α,β-unsaturated/α-hetero) is 1. The normalized spacial score (nSPS) is 15.8. The smallest absolute Gasteiger partial charge is 0.203 e. The number of ether oxygens (including phenoxy) is 5. The van der Waals surface area contributed by atoms with E-state index in [0.717, 1.165) is 5.56 Å². The van der Waals surface area contributed by atoms with Crippen LogP contribution in [0.3, 0.4) is 0 Å². The van der Waals surface area contributed by atoms with Gasteiger partial charge in [-0.2, -0.15) is 0 Å². The van der Waals surface area contributed by atoms with E-state index in [0.29, 0.717) is 34.3 Å². The lowest BCUT2D eigenvalue weighted by Gasteiger charge is -2.27. The van der Waals surface area contributed by atoms with Crippen molar-refractivity contribution in [2.24, 2.45) is 0 Å². The molecule has 25 heavy (non-hydrogen) atoms. The third-order valence-corrected chi connectivity index (χ3v) is 4.21. The van der Waals surface area contributed by atoms with Crippen LogP contribution in [0.1, 0.15) is 28.4 Å². The van der Waals surface area contributed by atoms with Gasteiger partial charge < -0.3 is 23.7 Å². The topological polar surface area (TPSA) is 63.2 Å². The maximum Gasteiger partial charge on any atom is 0.203 e. The molecule has 0 N–H and O–H groups in total. The van der Waals surface area contributed by atoms with Gasteiger partial charge in [0, 0.05) is 11.6 Å². The minimum atomic E-state index is -0.484. The highest BCUT2D eigenvalue weighted by Gasteiger charge is 2.31. The van der Waals surface area contributed by atoms with E-state index >= 15 is 0 Å². The number of hydrogen-bond donors (Lipinski definition) is 0. The summed E-state index contributed by atoms with van der Waals surface area (Å²) in [5, 5.41) is 0. The van der Waals surface area contributed by atoms with Crippen LogP contribution in [0.4, 0.5) is 0 Å². The SMILES string of the molecule is COc1ccc2c(c1)O[C@H](c1ccc(OC)c(OC)c1OC)CC2=O. The van der Waals surface area contributed by atoms with Crippen molar-refractivity contribution in [2.45, 2.75) is 12.5 Å². The number of carbonyl (C=O) groups is 1. The second-order valence-electron chi connectivity index (χ2n) is 5.52. The van der Waals surface area contributed by atoms with Gasteiger partial charge in [-0.25, -0.2) is 0 Å². The number of rotatable bonds is 5. The van der Waals surface area contributed by atoms with Gasteiger partial charge in [0.25, 0.3) is 0 Å². The maximum atomic E-state index is 12.5. The van der Waals surface area contributed by atoms with Gasteiger partial charge in [0.1, 0.15) is 17.6 Å². The van der Waals surface area contributed by atoms with Crippen LogP contribution in [-0.4, -0.2) is 34.2 Å².